The number of carbonyl (C=O) groups excluding carboxylic acids is 3. The summed E-state index contributed by atoms with van der Waals surface area (Å²) in [4.78, 5) is 39.7. The third-order valence-electron chi connectivity index (χ3n) is 6.86. The molecule has 31 heavy (non-hydrogen) atoms. The fourth-order valence-corrected chi connectivity index (χ4v) is 5.14. The number of hydrogen-bond acceptors (Lipinski definition) is 4. The van der Waals surface area contributed by atoms with Crippen LogP contribution in [-0.2, 0) is 9.53 Å². The van der Waals surface area contributed by atoms with Crippen molar-refractivity contribution in [2.45, 2.75) is 59.0 Å². The van der Waals surface area contributed by atoms with E-state index in [1.807, 2.05) is 24.3 Å². The van der Waals surface area contributed by atoms with Crippen molar-refractivity contribution >= 4 is 28.6 Å². The average molecular weight is 422 g/mol. The highest BCUT2D eigenvalue weighted by atomic mass is 16.5. The maximum atomic E-state index is 12.9. The van der Waals surface area contributed by atoms with E-state index in [9.17, 15) is 14.4 Å². The van der Waals surface area contributed by atoms with Gasteiger partial charge in [-0.3, -0.25) is 19.3 Å². The van der Waals surface area contributed by atoms with Gasteiger partial charge in [-0.25, -0.2) is 0 Å². The molecule has 164 valence electrons. The molecule has 1 heterocycles. The second-order valence-corrected chi connectivity index (χ2v) is 9.43. The number of amides is 2. The normalized spacial score (nSPS) is 23.5. The van der Waals surface area contributed by atoms with Crippen LogP contribution in [0.15, 0.2) is 36.4 Å². The molecular weight excluding hydrogens is 390 g/mol. The Morgan fingerprint density at radius 1 is 1.06 bits per heavy atom. The third-order valence-corrected chi connectivity index (χ3v) is 6.86. The maximum absolute atomic E-state index is 12.9. The summed E-state index contributed by atoms with van der Waals surface area (Å²) in [6, 6.07) is 11.0. The second-order valence-electron chi connectivity index (χ2n) is 9.43. The number of ether oxygens (including phenoxy) is 1. The summed E-state index contributed by atoms with van der Waals surface area (Å²) in [7, 11) is 0. The van der Waals surface area contributed by atoms with Crippen molar-refractivity contribution in [3.63, 3.8) is 0 Å². The van der Waals surface area contributed by atoms with Crippen molar-refractivity contribution in [1.82, 2.24) is 4.90 Å². The van der Waals surface area contributed by atoms with Crippen molar-refractivity contribution in [1.29, 1.82) is 0 Å². The van der Waals surface area contributed by atoms with Crippen molar-refractivity contribution in [2.75, 3.05) is 6.54 Å². The van der Waals surface area contributed by atoms with Gasteiger partial charge in [0.1, 0.15) is 6.10 Å². The van der Waals surface area contributed by atoms with Crippen LogP contribution in [0, 0.1) is 17.8 Å². The molecule has 0 radical (unpaired) electrons. The van der Waals surface area contributed by atoms with E-state index >= 15 is 0 Å². The predicted octanol–water partition coefficient (Wildman–Crippen LogP) is 5.22. The first-order valence-corrected chi connectivity index (χ1v) is 11.4. The van der Waals surface area contributed by atoms with Crippen molar-refractivity contribution in [3.05, 3.63) is 47.5 Å². The molecule has 1 aliphatic heterocycles. The number of benzene rings is 2. The lowest BCUT2D eigenvalue weighted by Crippen LogP contribution is -2.41. The number of esters is 1. The van der Waals surface area contributed by atoms with Crippen LogP contribution in [0.3, 0.4) is 0 Å². The lowest BCUT2D eigenvalue weighted by molar-refractivity contribution is -0.156. The maximum Gasteiger partial charge on any atom is 0.306 e. The minimum Gasteiger partial charge on any atom is -0.462 e. The van der Waals surface area contributed by atoms with Crippen LogP contribution >= 0.6 is 0 Å². The Morgan fingerprint density at radius 2 is 1.71 bits per heavy atom. The van der Waals surface area contributed by atoms with E-state index in [0.29, 0.717) is 35.3 Å². The first kappa shape index (κ1) is 21.5. The molecule has 2 amide bonds. The lowest BCUT2D eigenvalue weighted by Gasteiger charge is -2.36. The average Bonchev–Trinajstić information content (AvgIpc) is 2.74. The van der Waals surface area contributed by atoms with E-state index in [0.717, 1.165) is 23.6 Å². The summed E-state index contributed by atoms with van der Waals surface area (Å²) in [5.41, 5.74) is 1.09. The van der Waals surface area contributed by atoms with Crippen LogP contribution < -0.4 is 0 Å². The molecule has 1 aliphatic carbocycles. The molecule has 0 aromatic heterocycles. The number of hydrogen-bond donors (Lipinski definition) is 0. The molecular formula is C26H31NO4. The van der Waals surface area contributed by atoms with Gasteiger partial charge < -0.3 is 4.74 Å². The molecule has 2 aromatic rings. The Bertz CT molecular complexity index is 961. The Morgan fingerprint density at radius 3 is 2.32 bits per heavy atom. The fraction of sp³-hybridized carbons (Fsp3) is 0.500. The summed E-state index contributed by atoms with van der Waals surface area (Å²) < 4.78 is 5.85. The number of carbonyl (C=O) groups is 3. The SMILES string of the molecule is CC(C)[C@@H]1CC[C@@H](C)C[C@H]1OC(=O)CCCN1C(=O)c2cccc3cccc(c23)C1=O. The molecule has 1 fully saturated rings. The van der Waals surface area contributed by atoms with Gasteiger partial charge in [0.15, 0.2) is 0 Å². The van der Waals surface area contributed by atoms with Gasteiger partial charge in [0.25, 0.3) is 11.8 Å². The number of rotatable bonds is 6. The molecule has 3 atom stereocenters. The molecule has 0 saturated heterocycles. The highest BCUT2D eigenvalue weighted by molar-refractivity contribution is 6.25. The molecule has 5 nitrogen and oxygen atoms in total. The molecule has 2 aromatic carbocycles. The van der Waals surface area contributed by atoms with Crippen molar-refractivity contribution in [3.8, 4) is 0 Å². The summed E-state index contributed by atoms with van der Waals surface area (Å²) in [5, 5.41) is 1.61. The highest BCUT2D eigenvalue weighted by Crippen LogP contribution is 2.35. The molecule has 2 aliphatic rings. The molecule has 1 saturated carbocycles. The van der Waals surface area contributed by atoms with Gasteiger partial charge >= 0.3 is 5.97 Å². The van der Waals surface area contributed by atoms with E-state index in [2.05, 4.69) is 20.8 Å². The van der Waals surface area contributed by atoms with E-state index in [4.69, 9.17) is 4.74 Å². The molecule has 0 unspecified atom stereocenters. The number of nitrogens with zero attached hydrogens (tertiary/aromatic N) is 1. The first-order chi connectivity index (χ1) is 14.9. The first-order valence-electron chi connectivity index (χ1n) is 11.4. The van der Waals surface area contributed by atoms with Crippen LogP contribution in [0.2, 0.25) is 0 Å². The Hall–Kier alpha value is -2.69. The Labute approximate surface area is 183 Å². The second kappa shape index (κ2) is 8.81. The molecule has 5 heteroatoms. The van der Waals surface area contributed by atoms with Gasteiger partial charge in [0, 0.05) is 29.5 Å². The number of imide groups is 1. The van der Waals surface area contributed by atoms with Crippen LogP contribution in [0.25, 0.3) is 10.8 Å². The zero-order valence-corrected chi connectivity index (χ0v) is 18.6. The topological polar surface area (TPSA) is 63.7 Å². The minimum atomic E-state index is -0.288. The zero-order valence-electron chi connectivity index (χ0n) is 18.6. The van der Waals surface area contributed by atoms with E-state index in [1.165, 1.54) is 11.3 Å². The van der Waals surface area contributed by atoms with Gasteiger partial charge in [-0.15, -0.1) is 0 Å². The third kappa shape index (κ3) is 4.23. The highest BCUT2D eigenvalue weighted by Gasteiger charge is 2.34. The Balaban J connectivity index is 1.38. The van der Waals surface area contributed by atoms with Crippen molar-refractivity contribution in [2.24, 2.45) is 17.8 Å². The quantitative estimate of drug-likeness (QED) is 0.474. The van der Waals surface area contributed by atoms with E-state index in [1.54, 1.807) is 12.1 Å². The van der Waals surface area contributed by atoms with Crippen LogP contribution in [0.5, 0.6) is 0 Å². The molecule has 0 N–H and O–H groups in total. The van der Waals surface area contributed by atoms with E-state index < -0.39 is 0 Å². The lowest BCUT2D eigenvalue weighted by atomic mass is 9.75. The van der Waals surface area contributed by atoms with Gasteiger partial charge in [-0.1, -0.05) is 51.5 Å². The van der Waals surface area contributed by atoms with Crippen molar-refractivity contribution < 1.29 is 19.1 Å². The zero-order chi connectivity index (χ0) is 22.1. The molecule has 0 bridgehead atoms. The predicted molar refractivity (Wildman–Crippen MR) is 120 cm³/mol. The largest absolute Gasteiger partial charge is 0.462 e. The summed E-state index contributed by atoms with van der Waals surface area (Å²) in [5.74, 6) is 0.648. The fourth-order valence-electron chi connectivity index (χ4n) is 5.14. The summed E-state index contributed by atoms with van der Waals surface area (Å²) >= 11 is 0. The molecule has 4 rings (SSSR count). The van der Waals surface area contributed by atoms with Gasteiger partial charge in [0.2, 0.25) is 0 Å². The standard InChI is InChI=1S/C26H31NO4/c1-16(2)19-13-12-17(3)15-22(19)31-23(28)11-6-14-27-25(29)20-9-4-7-18-8-5-10-21(24(18)20)26(27)30/h4-5,7-10,16-17,19,22H,6,11-15H2,1-3H3/t17-,19+,22-/m1/s1. The Kier molecular flexibility index (Phi) is 6.12. The monoisotopic (exact) mass is 421 g/mol. The summed E-state index contributed by atoms with van der Waals surface area (Å²) in [6.07, 6.45) is 3.78. The van der Waals surface area contributed by atoms with Crippen LogP contribution in [0.1, 0.15) is 73.6 Å². The van der Waals surface area contributed by atoms with Gasteiger partial charge in [0.05, 0.1) is 0 Å². The molecule has 0 spiro atoms. The summed E-state index contributed by atoms with van der Waals surface area (Å²) in [6.45, 7) is 6.80. The van der Waals surface area contributed by atoms with E-state index in [-0.39, 0.29) is 36.9 Å². The van der Waals surface area contributed by atoms with Gasteiger partial charge in [-0.05, 0) is 54.5 Å². The van der Waals surface area contributed by atoms with Crippen LogP contribution in [0.4, 0.5) is 0 Å². The van der Waals surface area contributed by atoms with Gasteiger partial charge in [-0.2, -0.15) is 0 Å². The van der Waals surface area contributed by atoms with Crippen LogP contribution in [-0.4, -0.2) is 35.3 Å². The minimum absolute atomic E-state index is 0.0287. The smallest absolute Gasteiger partial charge is 0.306 e.